The Morgan fingerprint density at radius 1 is 1.16 bits per heavy atom. The highest BCUT2D eigenvalue weighted by Gasteiger charge is 2.07. The van der Waals surface area contributed by atoms with Crippen LogP contribution in [0.5, 0.6) is 0 Å². The lowest BCUT2D eigenvalue weighted by Crippen LogP contribution is -2.22. The van der Waals surface area contributed by atoms with Crippen molar-refractivity contribution in [1.29, 1.82) is 0 Å². The van der Waals surface area contributed by atoms with E-state index >= 15 is 0 Å². The van der Waals surface area contributed by atoms with Crippen LogP contribution in [0.25, 0.3) is 11.3 Å². The lowest BCUT2D eigenvalue weighted by atomic mass is 10.0. The van der Waals surface area contributed by atoms with Crippen molar-refractivity contribution in [2.24, 2.45) is 0 Å². The molecule has 0 spiro atoms. The highest BCUT2D eigenvalue weighted by molar-refractivity contribution is 5.63. The molecule has 0 saturated heterocycles. The Kier molecular flexibility index (Phi) is 4.63. The Balaban J connectivity index is 2.32. The van der Waals surface area contributed by atoms with Gasteiger partial charge in [0.2, 0.25) is 0 Å². The summed E-state index contributed by atoms with van der Waals surface area (Å²) < 4.78 is 0. The molecular weight excluding hydrogens is 234 g/mol. The van der Waals surface area contributed by atoms with Gasteiger partial charge in [0.15, 0.2) is 0 Å². The van der Waals surface area contributed by atoms with Gasteiger partial charge in [-0.05, 0) is 18.1 Å². The molecule has 0 aliphatic heterocycles. The molecule has 100 valence electrons. The largest absolute Gasteiger partial charge is 0.310 e. The molecule has 1 N–H and O–H groups in total. The first-order chi connectivity index (χ1) is 9.20. The first-order valence-electron chi connectivity index (χ1n) is 6.83. The first kappa shape index (κ1) is 13.7. The van der Waals surface area contributed by atoms with E-state index in [1.54, 1.807) is 6.33 Å². The molecule has 0 bridgehead atoms. The average Bonchev–Trinajstić information content (AvgIpc) is 2.45. The summed E-state index contributed by atoms with van der Waals surface area (Å²) in [6, 6.07) is 11.0. The second-order valence-electron chi connectivity index (χ2n) is 4.94. The molecule has 0 unspecified atom stereocenters. The normalized spacial score (nSPS) is 10.9. The minimum absolute atomic E-state index is 0.477. The van der Waals surface area contributed by atoms with Crippen molar-refractivity contribution in [1.82, 2.24) is 15.3 Å². The van der Waals surface area contributed by atoms with E-state index in [0.717, 1.165) is 24.4 Å². The summed E-state index contributed by atoms with van der Waals surface area (Å²) in [5, 5.41) is 3.46. The minimum atomic E-state index is 0.477. The molecule has 0 atom stereocenters. The first-order valence-corrected chi connectivity index (χ1v) is 6.83. The predicted octanol–water partition coefficient (Wildman–Crippen LogP) is 3.20. The van der Waals surface area contributed by atoms with E-state index < -0.39 is 0 Å². The number of aromatic nitrogens is 2. The summed E-state index contributed by atoms with van der Waals surface area (Å²) >= 11 is 0. The number of benzene rings is 1. The molecule has 0 fully saturated rings. The monoisotopic (exact) mass is 255 g/mol. The van der Waals surface area contributed by atoms with Gasteiger partial charge < -0.3 is 5.32 Å². The topological polar surface area (TPSA) is 37.8 Å². The number of rotatable bonds is 5. The molecule has 0 radical (unpaired) electrons. The van der Waals surface area contributed by atoms with Crippen LogP contribution in [0.4, 0.5) is 0 Å². The van der Waals surface area contributed by atoms with E-state index in [9.17, 15) is 0 Å². The second kappa shape index (κ2) is 6.43. The third-order valence-corrected chi connectivity index (χ3v) is 3.08. The van der Waals surface area contributed by atoms with Crippen molar-refractivity contribution in [3.05, 3.63) is 47.9 Å². The highest BCUT2D eigenvalue weighted by Crippen LogP contribution is 2.22. The van der Waals surface area contributed by atoms with Crippen molar-refractivity contribution < 1.29 is 0 Å². The number of nitrogens with zero attached hydrogens (tertiary/aromatic N) is 2. The van der Waals surface area contributed by atoms with Crippen molar-refractivity contribution in [3.8, 4) is 11.3 Å². The maximum Gasteiger partial charge on any atom is 0.116 e. The van der Waals surface area contributed by atoms with Crippen LogP contribution in [0.2, 0.25) is 0 Å². The van der Waals surface area contributed by atoms with Gasteiger partial charge in [-0.1, -0.05) is 45.0 Å². The molecule has 19 heavy (non-hydrogen) atoms. The van der Waals surface area contributed by atoms with Crippen LogP contribution >= 0.6 is 0 Å². The van der Waals surface area contributed by atoms with Crippen LogP contribution < -0.4 is 5.32 Å². The fourth-order valence-corrected chi connectivity index (χ4v) is 1.98. The standard InChI is InChI=1S/C16H21N3/c1-4-14-9-16(19-11-18-14)15-8-6-5-7-13(15)10-17-12(2)3/h5-9,11-12,17H,4,10H2,1-3H3. The van der Waals surface area contributed by atoms with Crippen LogP contribution in [0.15, 0.2) is 36.7 Å². The average molecular weight is 255 g/mol. The Labute approximate surface area is 115 Å². The molecule has 0 aliphatic rings. The molecule has 2 rings (SSSR count). The van der Waals surface area contributed by atoms with E-state index in [4.69, 9.17) is 0 Å². The summed E-state index contributed by atoms with van der Waals surface area (Å²) in [4.78, 5) is 8.67. The summed E-state index contributed by atoms with van der Waals surface area (Å²) in [5.74, 6) is 0. The molecule has 1 heterocycles. The summed E-state index contributed by atoms with van der Waals surface area (Å²) in [7, 11) is 0. The molecular formula is C16H21N3. The van der Waals surface area contributed by atoms with Crippen LogP contribution in [-0.2, 0) is 13.0 Å². The van der Waals surface area contributed by atoms with E-state index in [-0.39, 0.29) is 0 Å². The van der Waals surface area contributed by atoms with Crippen molar-refractivity contribution in [3.63, 3.8) is 0 Å². The SMILES string of the molecule is CCc1cc(-c2ccccc2CNC(C)C)ncn1. The third kappa shape index (κ3) is 3.61. The van der Waals surface area contributed by atoms with Gasteiger partial charge in [-0.3, -0.25) is 0 Å². The van der Waals surface area contributed by atoms with Gasteiger partial charge in [0, 0.05) is 23.8 Å². The highest BCUT2D eigenvalue weighted by atomic mass is 14.9. The number of nitrogens with one attached hydrogen (secondary N) is 1. The van der Waals surface area contributed by atoms with Gasteiger partial charge >= 0.3 is 0 Å². The summed E-state index contributed by atoms with van der Waals surface area (Å²) in [6.45, 7) is 7.28. The molecule has 1 aromatic carbocycles. The number of hydrogen-bond acceptors (Lipinski definition) is 3. The zero-order valence-electron chi connectivity index (χ0n) is 11.9. The summed E-state index contributed by atoms with van der Waals surface area (Å²) in [5.41, 5.74) is 4.55. The molecule has 1 aromatic heterocycles. The van der Waals surface area contributed by atoms with Crippen molar-refractivity contribution in [2.75, 3.05) is 0 Å². The third-order valence-electron chi connectivity index (χ3n) is 3.08. The van der Waals surface area contributed by atoms with Crippen LogP contribution in [-0.4, -0.2) is 16.0 Å². The molecule has 3 nitrogen and oxygen atoms in total. The van der Waals surface area contributed by atoms with Gasteiger partial charge in [-0.15, -0.1) is 0 Å². The quantitative estimate of drug-likeness (QED) is 0.891. The fourth-order valence-electron chi connectivity index (χ4n) is 1.98. The lowest BCUT2D eigenvalue weighted by molar-refractivity contribution is 0.589. The van der Waals surface area contributed by atoms with E-state index in [2.05, 4.69) is 66.4 Å². The van der Waals surface area contributed by atoms with E-state index in [0.29, 0.717) is 6.04 Å². The Hall–Kier alpha value is -1.74. The van der Waals surface area contributed by atoms with Crippen molar-refractivity contribution in [2.45, 2.75) is 39.8 Å². The van der Waals surface area contributed by atoms with Crippen molar-refractivity contribution >= 4 is 0 Å². The van der Waals surface area contributed by atoms with E-state index in [1.807, 2.05) is 0 Å². The maximum atomic E-state index is 4.41. The minimum Gasteiger partial charge on any atom is -0.310 e. The number of aryl methyl sites for hydroxylation is 1. The summed E-state index contributed by atoms with van der Waals surface area (Å²) in [6.07, 6.45) is 2.59. The van der Waals surface area contributed by atoms with Gasteiger partial charge in [-0.25, -0.2) is 9.97 Å². The zero-order valence-corrected chi connectivity index (χ0v) is 11.9. The molecule has 2 aromatic rings. The van der Waals surface area contributed by atoms with Gasteiger partial charge in [0.25, 0.3) is 0 Å². The predicted molar refractivity (Wildman–Crippen MR) is 78.8 cm³/mol. The Bertz CT molecular complexity index is 535. The molecule has 0 amide bonds. The zero-order chi connectivity index (χ0) is 13.7. The Morgan fingerprint density at radius 3 is 2.68 bits per heavy atom. The second-order valence-corrected chi connectivity index (χ2v) is 4.94. The Morgan fingerprint density at radius 2 is 1.95 bits per heavy atom. The fraction of sp³-hybridized carbons (Fsp3) is 0.375. The number of hydrogen-bond donors (Lipinski definition) is 1. The molecule has 0 saturated carbocycles. The molecule has 0 aliphatic carbocycles. The smallest absolute Gasteiger partial charge is 0.116 e. The van der Waals surface area contributed by atoms with E-state index in [1.165, 1.54) is 11.1 Å². The van der Waals surface area contributed by atoms with Gasteiger partial charge in [0.1, 0.15) is 6.33 Å². The van der Waals surface area contributed by atoms with Gasteiger partial charge in [-0.2, -0.15) is 0 Å². The maximum absolute atomic E-state index is 4.41. The van der Waals surface area contributed by atoms with Crippen LogP contribution in [0.1, 0.15) is 32.0 Å². The van der Waals surface area contributed by atoms with Gasteiger partial charge in [0.05, 0.1) is 5.69 Å². The molecule has 3 heteroatoms. The van der Waals surface area contributed by atoms with Crippen LogP contribution in [0.3, 0.4) is 0 Å². The van der Waals surface area contributed by atoms with Crippen LogP contribution in [0, 0.1) is 0 Å². The lowest BCUT2D eigenvalue weighted by Gasteiger charge is -2.12.